The molecule has 2 aromatic rings. The average Bonchev–Trinajstić information content (AvgIpc) is 2.64. The SMILES string of the molecule is Cc1cc(=O)c(O)c(C2(CC(=O)NCc3ccccn3)CCOCC2)o1. The summed E-state index contributed by atoms with van der Waals surface area (Å²) < 4.78 is 11.1. The standard InChI is InChI=1S/C19H22N2O5/c1-13-10-15(22)17(24)18(26-13)19(5-8-25-9-6-19)11-16(23)21-12-14-4-2-3-7-20-14/h2-4,7,10,24H,5-6,8-9,11-12H2,1H3,(H,21,23). The Hall–Kier alpha value is -2.67. The molecule has 26 heavy (non-hydrogen) atoms. The van der Waals surface area contributed by atoms with Crippen molar-refractivity contribution in [1.29, 1.82) is 0 Å². The topological polar surface area (TPSA) is 102 Å². The molecule has 0 radical (unpaired) electrons. The van der Waals surface area contributed by atoms with Gasteiger partial charge in [0.15, 0.2) is 5.76 Å². The van der Waals surface area contributed by atoms with Crippen LogP contribution in [0, 0.1) is 6.92 Å². The zero-order chi connectivity index (χ0) is 18.6. The van der Waals surface area contributed by atoms with Gasteiger partial charge >= 0.3 is 0 Å². The maximum atomic E-state index is 12.6. The van der Waals surface area contributed by atoms with E-state index >= 15 is 0 Å². The third-order valence-corrected chi connectivity index (χ3v) is 4.67. The van der Waals surface area contributed by atoms with Crippen LogP contribution in [0.1, 0.15) is 36.5 Å². The Balaban J connectivity index is 1.82. The van der Waals surface area contributed by atoms with E-state index in [2.05, 4.69) is 10.3 Å². The Kier molecular flexibility index (Phi) is 5.37. The maximum absolute atomic E-state index is 12.6. The predicted octanol–water partition coefficient (Wildman–Crippen LogP) is 1.80. The van der Waals surface area contributed by atoms with Crippen molar-refractivity contribution in [2.75, 3.05) is 13.2 Å². The van der Waals surface area contributed by atoms with E-state index < -0.39 is 16.6 Å². The van der Waals surface area contributed by atoms with Crippen molar-refractivity contribution in [2.45, 2.75) is 38.1 Å². The fourth-order valence-electron chi connectivity index (χ4n) is 3.27. The van der Waals surface area contributed by atoms with Crippen molar-refractivity contribution in [2.24, 2.45) is 0 Å². The molecule has 1 aliphatic heterocycles. The lowest BCUT2D eigenvalue weighted by Crippen LogP contribution is -2.40. The second kappa shape index (κ2) is 7.70. The van der Waals surface area contributed by atoms with Crippen LogP contribution in [0.25, 0.3) is 0 Å². The summed E-state index contributed by atoms with van der Waals surface area (Å²) in [6.07, 6.45) is 2.75. The lowest BCUT2D eigenvalue weighted by Gasteiger charge is -2.35. The molecule has 1 saturated heterocycles. The molecule has 0 saturated carbocycles. The molecular weight excluding hydrogens is 336 g/mol. The molecule has 0 aliphatic carbocycles. The first-order valence-corrected chi connectivity index (χ1v) is 8.59. The highest BCUT2D eigenvalue weighted by Gasteiger charge is 2.41. The first kappa shape index (κ1) is 18.1. The Labute approximate surface area is 151 Å². The van der Waals surface area contributed by atoms with Crippen LogP contribution in [0.3, 0.4) is 0 Å². The Bertz CT molecular complexity index is 826. The Morgan fingerprint density at radius 1 is 1.35 bits per heavy atom. The molecule has 0 unspecified atom stereocenters. The molecule has 0 bridgehead atoms. The van der Waals surface area contributed by atoms with Crippen molar-refractivity contribution in [3.8, 4) is 5.75 Å². The van der Waals surface area contributed by atoms with Crippen molar-refractivity contribution < 1.29 is 19.1 Å². The van der Waals surface area contributed by atoms with Crippen LogP contribution in [0.4, 0.5) is 0 Å². The number of aromatic hydroxyl groups is 1. The van der Waals surface area contributed by atoms with Crippen molar-refractivity contribution in [3.05, 3.63) is 57.9 Å². The minimum absolute atomic E-state index is 0.100. The summed E-state index contributed by atoms with van der Waals surface area (Å²) >= 11 is 0. The lowest BCUT2D eigenvalue weighted by molar-refractivity contribution is -0.123. The summed E-state index contributed by atoms with van der Waals surface area (Å²) in [5.74, 6) is -0.0301. The van der Waals surface area contributed by atoms with Gasteiger partial charge in [-0.15, -0.1) is 0 Å². The monoisotopic (exact) mass is 358 g/mol. The Morgan fingerprint density at radius 3 is 2.81 bits per heavy atom. The van der Waals surface area contributed by atoms with Crippen LogP contribution in [0.5, 0.6) is 5.75 Å². The van der Waals surface area contributed by atoms with Gasteiger partial charge in [0.1, 0.15) is 5.76 Å². The average molecular weight is 358 g/mol. The van der Waals surface area contributed by atoms with Crippen LogP contribution in [-0.4, -0.2) is 29.2 Å². The summed E-state index contributed by atoms with van der Waals surface area (Å²) in [4.78, 5) is 28.7. The van der Waals surface area contributed by atoms with Gasteiger partial charge in [0.2, 0.25) is 17.1 Å². The van der Waals surface area contributed by atoms with E-state index in [1.807, 2.05) is 18.2 Å². The molecule has 1 fully saturated rings. The smallest absolute Gasteiger partial charge is 0.227 e. The molecular formula is C19H22N2O5. The van der Waals surface area contributed by atoms with Gasteiger partial charge in [0, 0.05) is 37.3 Å². The van der Waals surface area contributed by atoms with Crippen LogP contribution in [0.15, 0.2) is 39.7 Å². The molecule has 2 aromatic heterocycles. The van der Waals surface area contributed by atoms with Gasteiger partial charge in [-0.3, -0.25) is 14.6 Å². The fraction of sp³-hybridized carbons (Fsp3) is 0.421. The molecule has 7 heteroatoms. The molecule has 0 aromatic carbocycles. The van der Waals surface area contributed by atoms with Crippen molar-refractivity contribution in [1.82, 2.24) is 10.3 Å². The number of carbonyl (C=O) groups excluding carboxylic acids is 1. The number of aryl methyl sites for hydroxylation is 1. The first-order chi connectivity index (χ1) is 12.5. The highest BCUT2D eigenvalue weighted by molar-refractivity contribution is 5.77. The van der Waals surface area contributed by atoms with Gasteiger partial charge in [-0.1, -0.05) is 6.07 Å². The number of hydrogen-bond donors (Lipinski definition) is 2. The predicted molar refractivity (Wildman–Crippen MR) is 93.8 cm³/mol. The second-order valence-electron chi connectivity index (χ2n) is 6.57. The van der Waals surface area contributed by atoms with E-state index in [4.69, 9.17) is 9.15 Å². The number of aromatic nitrogens is 1. The van der Waals surface area contributed by atoms with E-state index in [0.29, 0.717) is 38.4 Å². The van der Waals surface area contributed by atoms with Crippen LogP contribution in [0.2, 0.25) is 0 Å². The number of hydrogen-bond acceptors (Lipinski definition) is 6. The third kappa shape index (κ3) is 3.94. The minimum Gasteiger partial charge on any atom is -0.502 e. The normalized spacial score (nSPS) is 16.2. The molecule has 7 nitrogen and oxygen atoms in total. The number of rotatable bonds is 5. The first-order valence-electron chi connectivity index (χ1n) is 8.59. The van der Waals surface area contributed by atoms with Crippen LogP contribution >= 0.6 is 0 Å². The third-order valence-electron chi connectivity index (χ3n) is 4.67. The Morgan fingerprint density at radius 2 is 2.12 bits per heavy atom. The van der Waals surface area contributed by atoms with Crippen LogP contribution in [-0.2, 0) is 21.5 Å². The van der Waals surface area contributed by atoms with E-state index in [0.717, 1.165) is 5.69 Å². The van der Waals surface area contributed by atoms with Gasteiger partial charge in [-0.2, -0.15) is 0 Å². The molecule has 0 spiro atoms. The van der Waals surface area contributed by atoms with E-state index in [-0.39, 0.29) is 18.1 Å². The summed E-state index contributed by atoms with van der Waals surface area (Å²) in [5, 5.41) is 13.1. The van der Waals surface area contributed by atoms with Crippen molar-refractivity contribution in [3.63, 3.8) is 0 Å². The number of pyridine rings is 1. The quantitative estimate of drug-likeness (QED) is 0.845. The summed E-state index contributed by atoms with van der Waals surface area (Å²) in [5.41, 5.74) is -0.503. The number of amides is 1. The minimum atomic E-state index is -0.762. The van der Waals surface area contributed by atoms with Gasteiger partial charge < -0.3 is 19.6 Å². The summed E-state index contributed by atoms with van der Waals surface area (Å²) in [6.45, 7) is 2.84. The summed E-state index contributed by atoms with van der Waals surface area (Å²) in [6, 6.07) is 6.74. The number of carbonyl (C=O) groups is 1. The number of nitrogens with zero attached hydrogens (tertiary/aromatic N) is 1. The van der Waals surface area contributed by atoms with E-state index in [1.54, 1.807) is 13.1 Å². The fourth-order valence-corrected chi connectivity index (χ4v) is 3.27. The van der Waals surface area contributed by atoms with Crippen LogP contribution < -0.4 is 10.7 Å². The van der Waals surface area contributed by atoms with E-state index in [9.17, 15) is 14.7 Å². The van der Waals surface area contributed by atoms with E-state index in [1.165, 1.54) is 6.07 Å². The molecule has 0 atom stereocenters. The second-order valence-corrected chi connectivity index (χ2v) is 6.57. The highest BCUT2D eigenvalue weighted by atomic mass is 16.5. The van der Waals surface area contributed by atoms with Crippen molar-refractivity contribution >= 4 is 5.91 Å². The molecule has 3 heterocycles. The number of nitrogens with one attached hydrogen (secondary N) is 1. The summed E-state index contributed by atoms with van der Waals surface area (Å²) in [7, 11) is 0. The van der Waals surface area contributed by atoms with Gasteiger partial charge in [0.05, 0.1) is 12.2 Å². The van der Waals surface area contributed by atoms with Gasteiger partial charge in [-0.25, -0.2) is 0 Å². The highest BCUT2D eigenvalue weighted by Crippen LogP contribution is 2.41. The molecule has 1 aliphatic rings. The molecule has 1 amide bonds. The largest absolute Gasteiger partial charge is 0.502 e. The maximum Gasteiger partial charge on any atom is 0.227 e. The zero-order valence-corrected chi connectivity index (χ0v) is 14.7. The lowest BCUT2D eigenvalue weighted by atomic mass is 9.74. The molecule has 3 rings (SSSR count). The molecule has 138 valence electrons. The van der Waals surface area contributed by atoms with Gasteiger partial charge in [-0.05, 0) is 31.9 Å². The molecule has 2 N–H and O–H groups in total. The van der Waals surface area contributed by atoms with Gasteiger partial charge in [0.25, 0.3) is 0 Å². The number of ether oxygens (including phenoxy) is 1. The zero-order valence-electron chi connectivity index (χ0n) is 14.7.